The Labute approximate surface area is 83.0 Å². The van der Waals surface area contributed by atoms with Crippen molar-refractivity contribution in [2.45, 2.75) is 19.4 Å². The summed E-state index contributed by atoms with van der Waals surface area (Å²) < 4.78 is 0. The molecule has 0 fully saturated rings. The van der Waals surface area contributed by atoms with Crippen molar-refractivity contribution >= 4 is 5.91 Å². The molecule has 14 heavy (non-hydrogen) atoms. The first-order valence-corrected chi connectivity index (χ1v) is 4.51. The number of aliphatic hydroxyl groups excluding tert-OH is 1. The average Bonchev–Trinajstić information content (AvgIpc) is 2.19. The molecule has 0 spiro atoms. The minimum absolute atomic E-state index is 0.0429. The van der Waals surface area contributed by atoms with Crippen LogP contribution in [0.15, 0.2) is 24.5 Å². The number of nitrogens with one attached hydrogen (secondary N) is 1. The van der Waals surface area contributed by atoms with Gasteiger partial charge in [0.1, 0.15) is 0 Å². The third-order valence-electron chi connectivity index (χ3n) is 1.77. The van der Waals surface area contributed by atoms with E-state index in [4.69, 9.17) is 5.11 Å². The largest absolute Gasteiger partial charge is 0.394 e. The molecule has 0 radical (unpaired) electrons. The van der Waals surface area contributed by atoms with E-state index in [1.807, 2.05) is 6.07 Å². The molecule has 0 unspecified atom stereocenters. The van der Waals surface area contributed by atoms with Gasteiger partial charge in [0, 0.05) is 18.4 Å². The van der Waals surface area contributed by atoms with Crippen molar-refractivity contribution in [1.82, 2.24) is 10.3 Å². The van der Waals surface area contributed by atoms with Gasteiger partial charge in [-0.3, -0.25) is 9.78 Å². The van der Waals surface area contributed by atoms with Crippen LogP contribution in [0, 0.1) is 0 Å². The molecule has 1 rings (SSSR count). The molecule has 0 saturated carbocycles. The normalized spacial score (nSPS) is 12.1. The smallest absolute Gasteiger partial charge is 0.224 e. The van der Waals surface area contributed by atoms with Crippen LogP contribution >= 0.6 is 0 Å². The summed E-state index contributed by atoms with van der Waals surface area (Å²) >= 11 is 0. The molecule has 0 saturated heterocycles. The molecule has 2 N–H and O–H groups in total. The van der Waals surface area contributed by atoms with E-state index in [9.17, 15) is 4.79 Å². The van der Waals surface area contributed by atoms with Gasteiger partial charge in [0.15, 0.2) is 0 Å². The summed E-state index contributed by atoms with van der Waals surface area (Å²) in [6.07, 6.45) is 3.62. The van der Waals surface area contributed by atoms with Crippen LogP contribution in [0.5, 0.6) is 0 Å². The molecular weight excluding hydrogens is 180 g/mol. The maximum absolute atomic E-state index is 11.3. The second kappa shape index (κ2) is 5.34. The molecule has 76 valence electrons. The number of nitrogens with zero attached hydrogens (tertiary/aromatic N) is 1. The maximum Gasteiger partial charge on any atom is 0.224 e. The van der Waals surface area contributed by atoms with Gasteiger partial charge in [-0.15, -0.1) is 0 Å². The van der Waals surface area contributed by atoms with Crippen LogP contribution in [-0.4, -0.2) is 28.6 Å². The fourth-order valence-electron chi connectivity index (χ4n) is 1.06. The molecule has 1 amide bonds. The third kappa shape index (κ3) is 3.53. The zero-order chi connectivity index (χ0) is 10.4. The summed E-state index contributed by atoms with van der Waals surface area (Å²) in [6, 6.07) is 3.44. The van der Waals surface area contributed by atoms with E-state index >= 15 is 0 Å². The van der Waals surface area contributed by atoms with Crippen LogP contribution in [0.2, 0.25) is 0 Å². The predicted octanol–water partition coefficient (Wildman–Crippen LogP) is 0.121. The average molecular weight is 194 g/mol. The Morgan fingerprint density at radius 1 is 1.71 bits per heavy atom. The monoisotopic (exact) mass is 194 g/mol. The van der Waals surface area contributed by atoms with Gasteiger partial charge in [0.25, 0.3) is 0 Å². The Kier molecular flexibility index (Phi) is 4.07. The molecule has 1 aromatic rings. The summed E-state index contributed by atoms with van der Waals surface area (Å²) in [7, 11) is 0. The van der Waals surface area contributed by atoms with Gasteiger partial charge in [-0.1, -0.05) is 6.07 Å². The third-order valence-corrected chi connectivity index (χ3v) is 1.77. The van der Waals surface area contributed by atoms with Crippen LogP contribution in [0.25, 0.3) is 0 Å². The minimum Gasteiger partial charge on any atom is -0.394 e. The Hall–Kier alpha value is -1.42. The van der Waals surface area contributed by atoms with E-state index in [2.05, 4.69) is 10.3 Å². The first-order valence-electron chi connectivity index (χ1n) is 4.51. The molecule has 4 heteroatoms. The molecule has 0 aliphatic heterocycles. The number of amides is 1. The van der Waals surface area contributed by atoms with Gasteiger partial charge < -0.3 is 10.4 Å². The zero-order valence-electron chi connectivity index (χ0n) is 8.10. The standard InChI is InChI=1S/C10H14N2O2/c1-8(7-13)12-10(14)5-9-3-2-4-11-6-9/h2-4,6,8,13H,5,7H2,1H3,(H,12,14)/t8-/m1/s1. The molecule has 0 aliphatic rings. The van der Waals surface area contributed by atoms with Crippen molar-refractivity contribution in [3.8, 4) is 0 Å². The fourth-order valence-corrected chi connectivity index (χ4v) is 1.06. The molecular formula is C10H14N2O2. The van der Waals surface area contributed by atoms with Crippen molar-refractivity contribution in [3.63, 3.8) is 0 Å². The number of aliphatic hydroxyl groups is 1. The highest BCUT2D eigenvalue weighted by molar-refractivity contribution is 5.78. The molecule has 0 aromatic carbocycles. The van der Waals surface area contributed by atoms with Gasteiger partial charge in [-0.05, 0) is 18.6 Å². The molecule has 0 bridgehead atoms. The van der Waals surface area contributed by atoms with Gasteiger partial charge in [-0.25, -0.2) is 0 Å². The summed E-state index contributed by atoms with van der Waals surface area (Å²) in [6.45, 7) is 1.71. The van der Waals surface area contributed by atoms with Crippen molar-refractivity contribution in [2.75, 3.05) is 6.61 Å². The highest BCUT2D eigenvalue weighted by Crippen LogP contribution is 1.96. The van der Waals surface area contributed by atoms with Crippen LogP contribution in [0.1, 0.15) is 12.5 Å². The van der Waals surface area contributed by atoms with E-state index in [0.29, 0.717) is 6.42 Å². The minimum atomic E-state index is -0.195. The van der Waals surface area contributed by atoms with Crippen molar-refractivity contribution < 1.29 is 9.90 Å². The SMILES string of the molecule is C[C@H](CO)NC(=O)Cc1cccnc1. The van der Waals surface area contributed by atoms with Gasteiger partial charge in [0.2, 0.25) is 5.91 Å². The van der Waals surface area contributed by atoms with Crippen LogP contribution in [-0.2, 0) is 11.2 Å². The molecule has 4 nitrogen and oxygen atoms in total. The highest BCUT2D eigenvalue weighted by Gasteiger charge is 2.06. The second-order valence-corrected chi connectivity index (χ2v) is 3.19. The van der Waals surface area contributed by atoms with E-state index in [1.165, 1.54) is 0 Å². The van der Waals surface area contributed by atoms with E-state index in [1.54, 1.807) is 25.4 Å². The van der Waals surface area contributed by atoms with Crippen LogP contribution in [0.4, 0.5) is 0 Å². The first-order chi connectivity index (χ1) is 6.72. The lowest BCUT2D eigenvalue weighted by molar-refractivity contribution is -0.121. The lowest BCUT2D eigenvalue weighted by Gasteiger charge is -2.10. The van der Waals surface area contributed by atoms with E-state index in [0.717, 1.165) is 5.56 Å². The number of rotatable bonds is 4. The zero-order valence-corrected chi connectivity index (χ0v) is 8.10. The number of carbonyl (C=O) groups excluding carboxylic acids is 1. The number of pyridine rings is 1. The Morgan fingerprint density at radius 3 is 3.07 bits per heavy atom. The summed E-state index contributed by atoms with van der Waals surface area (Å²) in [5.41, 5.74) is 0.870. The molecule has 0 aliphatic carbocycles. The van der Waals surface area contributed by atoms with E-state index < -0.39 is 0 Å². The quantitative estimate of drug-likeness (QED) is 0.715. The summed E-state index contributed by atoms with van der Waals surface area (Å²) in [4.78, 5) is 15.2. The number of carbonyl (C=O) groups is 1. The lowest BCUT2D eigenvalue weighted by Crippen LogP contribution is -2.35. The second-order valence-electron chi connectivity index (χ2n) is 3.19. The highest BCUT2D eigenvalue weighted by atomic mass is 16.3. The number of aromatic nitrogens is 1. The van der Waals surface area contributed by atoms with Crippen molar-refractivity contribution in [1.29, 1.82) is 0 Å². The van der Waals surface area contributed by atoms with Crippen molar-refractivity contribution in [3.05, 3.63) is 30.1 Å². The topological polar surface area (TPSA) is 62.2 Å². The van der Waals surface area contributed by atoms with E-state index in [-0.39, 0.29) is 18.6 Å². The van der Waals surface area contributed by atoms with Crippen molar-refractivity contribution in [2.24, 2.45) is 0 Å². The molecule has 1 atom stereocenters. The fraction of sp³-hybridized carbons (Fsp3) is 0.400. The number of hydrogen-bond donors (Lipinski definition) is 2. The molecule has 1 heterocycles. The van der Waals surface area contributed by atoms with Gasteiger partial charge in [0.05, 0.1) is 13.0 Å². The van der Waals surface area contributed by atoms with Gasteiger partial charge >= 0.3 is 0 Å². The first kappa shape index (κ1) is 10.7. The summed E-state index contributed by atoms with van der Waals surface area (Å²) in [5.74, 6) is -0.0976. The lowest BCUT2D eigenvalue weighted by atomic mass is 10.2. The van der Waals surface area contributed by atoms with Crippen LogP contribution in [0.3, 0.4) is 0 Å². The summed E-state index contributed by atoms with van der Waals surface area (Å²) in [5, 5.41) is 11.4. The van der Waals surface area contributed by atoms with Gasteiger partial charge in [-0.2, -0.15) is 0 Å². The predicted molar refractivity (Wildman–Crippen MR) is 52.6 cm³/mol. The number of hydrogen-bond acceptors (Lipinski definition) is 3. The Balaban J connectivity index is 2.42. The Morgan fingerprint density at radius 2 is 2.50 bits per heavy atom. The van der Waals surface area contributed by atoms with Crippen LogP contribution < -0.4 is 5.32 Å². The Bertz CT molecular complexity index is 287. The molecule has 1 aromatic heterocycles. The maximum atomic E-state index is 11.3.